The van der Waals surface area contributed by atoms with E-state index in [1.54, 1.807) is 0 Å². The molecule has 0 aliphatic rings. The van der Waals surface area contributed by atoms with Crippen molar-refractivity contribution in [2.24, 2.45) is 10.9 Å². The third kappa shape index (κ3) is 5.90. The molecule has 0 spiro atoms. The molecule has 0 radical (unpaired) electrons. The highest BCUT2D eigenvalue weighted by Gasteiger charge is 2.00. The molecular weight excluding hydrogens is 282 g/mol. The van der Waals surface area contributed by atoms with Gasteiger partial charge in [-0.1, -0.05) is 39.3 Å². The molecule has 2 aromatic carbocycles. The van der Waals surface area contributed by atoms with E-state index in [1.807, 2.05) is 30.5 Å². The first-order valence-electron chi connectivity index (χ1n) is 8.57. The molecule has 0 fully saturated rings. The lowest BCUT2D eigenvalue weighted by Crippen LogP contribution is -1.96. The molecule has 0 unspecified atom stereocenters. The van der Waals surface area contributed by atoms with Gasteiger partial charge in [0.2, 0.25) is 0 Å². The largest absolute Gasteiger partial charge is 0.494 e. The fourth-order valence-electron chi connectivity index (χ4n) is 2.28. The first-order chi connectivity index (χ1) is 11.2. The molecule has 0 heterocycles. The number of rotatable bonds is 8. The monoisotopic (exact) mass is 309 g/mol. The highest BCUT2D eigenvalue weighted by molar-refractivity contribution is 5.82. The van der Waals surface area contributed by atoms with Gasteiger partial charge in [0.05, 0.1) is 12.3 Å². The van der Waals surface area contributed by atoms with Crippen LogP contribution in [0.1, 0.15) is 44.7 Å². The minimum atomic E-state index is 0.734. The van der Waals surface area contributed by atoms with Crippen LogP contribution < -0.4 is 4.74 Å². The van der Waals surface area contributed by atoms with E-state index in [0.717, 1.165) is 42.4 Å². The van der Waals surface area contributed by atoms with Crippen LogP contribution in [0.3, 0.4) is 0 Å². The fourth-order valence-corrected chi connectivity index (χ4v) is 2.28. The smallest absolute Gasteiger partial charge is 0.119 e. The molecule has 0 aliphatic heterocycles. The second-order valence-electron chi connectivity index (χ2n) is 6.06. The summed E-state index contributed by atoms with van der Waals surface area (Å²) in [5.41, 5.74) is 3.46. The maximum atomic E-state index is 5.58. The summed E-state index contributed by atoms with van der Waals surface area (Å²) in [5.74, 6) is 1.65. The molecule has 2 heteroatoms. The van der Waals surface area contributed by atoms with Crippen LogP contribution in [0.2, 0.25) is 0 Å². The van der Waals surface area contributed by atoms with Gasteiger partial charge in [0, 0.05) is 6.21 Å². The standard InChI is InChI=1S/C21H27NO/c1-4-14-23-21-12-8-19(9-13-21)16-22-20-10-6-18(7-11-20)15-17(3)5-2/h6-13,16-17H,4-5,14-15H2,1-3H3/t17-/m1/s1. The Morgan fingerprint density at radius 2 is 1.70 bits per heavy atom. The van der Waals surface area contributed by atoms with E-state index < -0.39 is 0 Å². The Morgan fingerprint density at radius 3 is 2.30 bits per heavy atom. The van der Waals surface area contributed by atoms with E-state index in [1.165, 1.54) is 12.0 Å². The second kappa shape index (κ2) is 9.14. The van der Waals surface area contributed by atoms with Gasteiger partial charge in [-0.15, -0.1) is 0 Å². The molecule has 0 N–H and O–H groups in total. The van der Waals surface area contributed by atoms with E-state index in [9.17, 15) is 0 Å². The lowest BCUT2D eigenvalue weighted by Gasteiger charge is -2.08. The molecule has 2 aromatic rings. The van der Waals surface area contributed by atoms with Crippen LogP contribution in [0.5, 0.6) is 5.75 Å². The summed E-state index contributed by atoms with van der Waals surface area (Å²) >= 11 is 0. The molecule has 122 valence electrons. The molecule has 0 saturated carbocycles. The van der Waals surface area contributed by atoms with Gasteiger partial charge < -0.3 is 4.74 Å². The minimum absolute atomic E-state index is 0.734. The number of ether oxygens (including phenoxy) is 1. The Morgan fingerprint density at radius 1 is 1.00 bits per heavy atom. The van der Waals surface area contributed by atoms with Crippen molar-refractivity contribution in [2.45, 2.75) is 40.0 Å². The van der Waals surface area contributed by atoms with Crippen molar-refractivity contribution in [3.63, 3.8) is 0 Å². The maximum absolute atomic E-state index is 5.58. The summed E-state index contributed by atoms with van der Waals surface area (Å²) in [6.45, 7) is 7.40. The van der Waals surface area contributed by atoms with Gasteiger partial charge >= 0.3 is 0 Å². The third-order valence-electron chi connectivity index (χ3n) is 3.93. The number of nitrogens with zero attached hydrogens (tertiary/aromatic N) is 1. The van der Waals surface area contributed by atoms with Gasteiger partial charge in [-0.05, 0) is 66.3 Å². The second-order valence-corrected chi connectivity index (χ2v) is 6.06. The van der Waals surface area contributed by atoms with Crippen molar-refractivity contribution in [3.05, 3.63) is 59.7 Å². The third-order valence-corrected chi connectivity index (χ3v) is 3.93. The number of hydrogen-bond donors (Lipinski definition) is 0. The predicted octanol–water partition coefficient (Wildman–Crippen LogP) is 5.81. The van der Waals surface area contributed by atoms with E-state index >= 15 is 0 Å². The van der Waals surface area contributed by atoms with Gasteiger partial charge in [0.1, 0.15) is 5.75 Å². The average Bonchev–Trinajstić information content (AvgIpc) is 2.60. The normalized spacial score (nSPS) is 12.5. The van der Waals surface area contributed by atoms with Gasteiger partial charge in [-0.25, -0.2) is 0 Å². The zero-order valence-corrected chi connectivity index (χ0v) is 14.5. The molecule has 0 saturated heterocycles. The van der Waals surface area contributed by atoms with Crippen molar-refractivity contribution in [3.8, 4) is 5.75 Å². The molecular formula is C21H27NO. The highest BCUT2D eigenvalue weighted by Crippen LogP contribution is 2.17. The van der Waals surface area contributed by atoms with Crippen LogP contribution >= 0.6 is 0 Å². The van der Waals surface area contributed by atoms with Crippen LogP contribution in [-0.2, 0) is 6.42 Å². The molecule has 0 aliphatic carbocycles. The number of hydrogen-bond acceptors (Lipinski definition) is 2. The first kappa shape index (κ1) is 17.3. The zero-order chi connectivity index (χ0) is 16.5. The lowest BCUT2D eigenvalue weighted by atomic mass is 9.99. The van der Waals surface area contributed by atoms with Crippen molar-refractivity contribution >= 4 is 11.9 Å². The molecule has 2 rings (SSSR count). The van der Waals surface area contributed by atoms with Gasteiger partial charge in [-0.2, -0.15) is 0 Å². The van der Waals surface area contributed by atoms with Crippen LogP contribution in [0.4, 0.5) is 5.69 Å². The van der Waals surface area contributed by atoms with Gasteiger partial charge in [-0.3, -0.25) is 4.99 Å². The van der Waals surface area contributed by atoms with Crippen LogP contribution in [0.15, 0.2) is 53.5 Å². The summed E-state index contributed by atoms with van der Waals surface area (Å²) in [4.78, 5) is 4.54. The van der Waals surface area contributed by atoms with Crippen LogP contribution in [0, 0.1) is 5.92 Å². The Hall–Kier alpha value is -2.09. The molecule has 0 bridgehead atoms. The molecule has 0 aromatic heterocycles. The quantitative estimate of drug-likeness (QED) is 0.563. The van der Waals surface area contributed by atoms with Gasteiger partial charge in [0.25, 0.3) is 0 Å². The Balaban J connectivity index is 1.94. The fraction of sp³-hybridized carbons (Fsp3) is 0.381. The van der Waals surface area contributed by atoms with E-state index in [-0.39, 0.29) is 0 Å². The van der Waals surface area contributed by atoms with Crippen molar-refractivity contribution in [1.82, 2.24) is 0 Å². The molecule has 1 atom stereocenters. The van der Waals surface area contributed by atoms with E-state index in [0.29, 0.717) is 0 Å². The Bertz CT molecular complexity index is 599. The Labute approximate surface area is 140 Å². The molecule has 2 nitrogen and oxygen atoms in total. The van der Waals surface area contributed by atoms with Crippen LogP contribution in [-0.4, -0.2) is 12.8 Å². The summed E-state index contributed by atoms with van der Waals surface area (Å²) in [6.07, 6.45) is 5.28. The Kier molecular flexibility index (Phi) is 6.86. The van der Waals surface area contributed by atoms with Crippen molar-refractivity contribution < 1.29 is 4.74 Å². The van der Waals surface area contributed by atoms with E-state index in [2.05, 4.69) is 50.0 Å². The van der Waals surface area contributed by atoms with Crippen molar-refractivity contribution in [1.29, 1.82) is 0 Å². The predicted molar refractivity (Wildman–Crippen MR) is 99.1 cm³/mol. The molecule has 0 amide bonds. The summed E-state index contributed by atoms with van der Waals surface area (Å²) in [6, 6.07) is 16.6. The summed E-state index contributed by atoms with van der Waals surface area (Å²) in [5, 5.41) is 0. The van der Waals surface area contributed by atoms with Crippen molar-refractivity contribution in [2.75, 3.05) is 6.61 Å². The van der Waals surface area contributed by atoms with Crippen LogP contribution in [0.25, 0.3) is 0 Å². The SMILES string of the molecule is CCCOc1ccc(C=Nc2ccc(C[C@H](C)CC)cc2)cc1. The number of benzene rings is 2. The van der Waals surface area contributed by atoms with E-state index in [4.69, 9.17) is 4.74 Å². The number of aliphatic imine (C=N–C) groups is 1. The molecule has 23 heavy (non-hydrogen) atoms. The minimum Gasteiger partial charge on any atom is -0.494 e. The average molecular weight is 309 g/mol. The van der Waals surface area contributed by atoms with Gasteiger partial charge in [0.15, 0.2) is 0 Å². The lowest BCUT2D eigenvalue weighted by molar-refractivity contribution is 0.317. The highest BCUT2D eigenvalue weighted by atomic mass is 16.5. The summed E-state index contributed by atoms with van der Waals surface area (Å²) < 4.78 is 5.58. The maximum Gasteiger partial charge on any atom is 0.119 e. The topological polar surface area (TPSA) is 21.6 Å². The first-order valence-corrected chi connectivity index (χ1v) is 8.57. The summed E-state index contributed by atoms with van der Waals surface area (Å²) in [7, 11) is 0. The zero-order valence-electron chi connectivity index (χ0n) is 14.5.